The van der Waals surface area contributed by atoms with E-state index in [1.165, 1.54) is 16.7 Å². The third-order valence-corrected chi connectivity index (χ3v) is 5.04. The van der Waals surface area contributed by atoms with Crippen LogP contribution in [0.2, 0.25) is 5.02 Å². The fraction of sp³-hybridized carbons (Fsp3) is 0.273. The van der Waals surface area contributed by atoms with E-state index in [2.05, 4.69) is 40.6 Å². The lowest BCUT2D eigenvalue weighted by Crippen LogP contribution is -2.24. The number of H-pyrrole nitrogens is 1. The summed E-state index contributed by atoms with van der Waals surface area (Å²) in [5.74, 6) is 0.728. The first-order valence-corrected chi connectivity index (χ1v) is 9.46. The molecule has 0 atom stereocenters. The molecular weight excluding hydrogens is 344 g/mol. The van der Waals surface area contributed by atoms with Crippen LogP contribution in [0.5, 0.6) is 5.75 Å². The van der Waals surface area contributed by atoms with Crippen molar-refractivity contribution >= 4 is 11.6 Å². The van der Waals surface area contributed by atoms with Crippen molar-refractivity contribution in [3.8, 4) is 28.1 Å². The molecule has 2 N–H and O–H groups in total. The van der Waals surface area contributed by atoms with Gasteiger partial charge in [-0.2, -0.15) is 0 Å². The predicted molar refractivity (Wildman–Crippen MR) is 108 cm³/mol. The number of ether oxygens (including phenoxy) is 1. The topological polar surface area (TPSA) is 37.0 Å². The Morgan fingerprint density at radius 3 is 2.77 bits per heavy atom. The molecule has 0 aliphatic carbocycles. The summed E-state index contributed by atoms with van der Waals surface area (Å²) in [6, 6.07) is 14.7. The minimum atomic E-state index is 0.107. The Bertz CT molecular complexity index is 930. The Morgan fingerprint density at radius 2 is 1.96 bits per heavy atom. The van der Waals surface area contributed by atoms with Crippen LogP contribution in [0.15, 0.2) is 48.7 Å². The number of rotatable bonds is 4. The molecule has 0 saturated carbocycles. The Hall–Kier alpha value is -2.23. The van der Waals surface area contributed by atoms with Gasteiger partial charge in [0, 0.05) is 24.0 Å². The molecule has 0 spiro atoms. The highest BCUT2D eigenvalue weighted by molar-refractivity contribution is 6.32. The molecule has 1 aliphatic rings. The molecule has 2 aromatic carbocycles. The number of aromatic amines is 1. The lowest BCUT2D eigenvalue weighted by molar-refractivity contribution is 0.242. The number of hydrogen-bond donors (Lipinski definition) is 2. The molecule has 0 unspecified atom stereocenters. The summed E-state index contributed by atoms with van der Waals surface area (Å²) < 4.78 is 5.73. The van der Waals surface area contributed by atoms with E-state index in [1.807, 2.05) is 32.2 Å². The number of halogens is 1. The van der Waals surface area contributed by atoms with Gasteiger partial charge in [0.25, 0.3) is 0 Å². The molecule has 4 heteroatoms. The number of hydrogen-bond acceptors (Lipinski definition) is 2. The van der Waals surface area contributed by atoms with E-state index in [0.717, 1.165) is 42.1 Å². The van der Waals surface area contributed by atoms with Crippen molar-refractivity contribution in [3.63, 3.8) is 0 Å². The average molecular weight is 367 g/mol. The molecule has 3 aromatic rings. The molecule has 1 aromatic heterocycles. The monoisotopic (exact) mass is 366 g/mol. The van der Waals surface area contributed by atoms with Crippen LogP contribution in [0.3, 0.4) is 0 Å². The zero-order valence-electron chi connectivity index (χ0n) is 15.1. The maximum Gasteiger partial charge on any atom is 0.138 e. The molecule has 134 valence electrons. The van der Waals surface area contributed by atoms with Crippen molar-refractivity contribution in [1.82, 2.24) is 10.3 Å². The third-order valence-electron chi connectivity index (χ3n) is 4.74. The molecule has 0 saturated heterocycles. The highest BCUT2D eigenvalue weighted by atomic mass is 35.5. The Balaban J connectivity index is 1.66. The minimum Gasteiger partial charge on any atom is -0.489 e. The predicted octanol–water partition coefficient (Wildman–Crippen LogP) is 5.44. The Kier molecular flexibility index (Phi) is 4.75. The fourth-order valence-electron chi connectivity index (χ4n) is 3.53. The summed E-state index contributed by atoms with van der Waals surface area (Å²) in [4.78, 5) is 3.44. The van der Waals surface area contributed by atoms with Crippen molar-refractivity contribution in [3.05, 3.63) is 64.8 Å². The van der Waals surface area contributed by atoms with Crippen LogP contribution in [0.1, 0.15) is 25.0 Å². The highest BCUT2D eigenvalue weighted by Crippen LogP contribution is 2.34. The molecule has 0 fully saturated rings. The molecule has 1 aliphatic heterocycles. The van der Waals surface area contributed by atoms with E-state index < -0.39 is 0 Å². The second-order valence-corrected chi connectivity index (χ2v) is 7.39. The summed E-state index contributed by atoms with van der Waals surface area (Å²) in [5.41, 5.74) is 7.49. The third kappa shape index (κ3) is 3.37. The van der Waals surface area contributed by atoms with Gasteiger partial charge in [-0.25, -0.2) is 0 Å². The normalized spacial score (nSPS) is 13.7. The van der Waals surface area contributed by atoms with Gasteiger partial charge >= 0.3 is 0 Å². The number of benzene rings is 2. The van der Waals surface area contributed by atoms with E-state index in [4.69, 9.17) is 16.3 Å². The second-order valence-electron chi connectivity index (χ2n) is 6.98. The highest BCUT2D eigenvalue weighted by Gasteiger charge is 2.15. The van der Waals surface area contributed by atoms with Crippen LogP contribution in [0.25, 0.3) is 22.4 Å². The summed E-state index contributed by atoms with van der Waals surface area (Å²) in [5, 5.41) is 4.08. The number of nitrogens with one attached hydrogen (secondary N) is 2. The minimum absolute atomic E-state index is 0.107. The van der Waals surface area contributed by atoms with Crippen LogP contribution in [0, 0.1) is 0 Å². The van der Waals surface area contributed by atoms with E-state index in [9.17, 15) is 0 Å². The van der Waals surface area contributed by atoms with Crippen LogP contribution < -0.4 is 10.1 Å². The first kappa shape index (κ1) is 17.2. The number of aromatic nitrogens is 1. The molecule has 26 heavy (non-hydrogen) atoms. The molecule has 4 rings (SSSR count). The van der Waals surface area contributed by atoms with E-state index in [-0.39, 0.29) is 6.10 Å². The Morgan fingerprint density at radius 1 is 1.08 bits per heavy atom. The van der Waals surface area contributed by atoms with Crippen LogP contribution in [-0.2, 0) is 13.0 Å². The zero-order valence-corrected chi connectivity index (χ0v) is 15.9. The van der Waals surface area contributed by atoms with Gasteiger partial charge < -0.3 is 15.0 Å². The van der Waals surface area contributed by atoms with E-state index >= 15 is 0 Å². The second kappa shape index (κ2) is 7.18. The fourth-order valence-corrected chi connectivity index (χ4v) is 3.76. The molecule has 0 bridgehead atoms. The van der Waals surface area contributed by atoms with E-state index in [0.29, 0.717) is 5.02 Å². The Labute approximate surface area is 159 Å². The number of fused-ring (bicyclic) bond motifs is 1. The largest absolute Gasteiger partial charge is 0.489 e. The van der Waals surface area contributed by atoms with Crippen molar-refractivity contribution in [1.29, 1.82) is 0 Å². The SMILES string of the molecule is CC(C)Oc1ccc(-c2c[nH]c(-c3cccc4c3CCNC4)c2)cc1Cl. The first-order valence-electron chi connectivity index (χ1n) is 9.08. The summed E-state index contributed by atoms with van der Waals surface area (Å²) in [6.07, 6.45) is 3.22. The van der Waals surface area contributed by atoms with Crippen molar-refractivity contribution in [2.45, 2.75) is 32.9 Å². The van der Waals surface area contributed by atoms with Gasteiger partial charge in [-0.05, 0) is 67.3 Å². The van der Waals surface area contributed by atoms with Gasteiger partial charge in [-0.1, -0.05) is 35.9 Å². The smallest absolute Gasteiger partial charge is 0.138 e. The van der Waals surface area contributed by atoms with Crippen LogP contribution in [0.4, 0.5) is 0 Å². The maximum absolute atomic E-state index is 6.40. The van der Waals surface area contributed by atoms with Crippen LogP contribution >= 0.6 is 11.6 Å². The average Bonchev–Trinajstić information content (AvgIpc) is 3.12. The van der Waals surface area contributed by atoms with Crippen LogP contribution in [-0.4, -0.2) is 17.6 Å². The molecular formula is C22H23ClN2O. The summed E-state index contributed by atoms with van der Waals surface area (Å²) >= 11 is 6.40. The first-order chi connectivity index (χ1) is 12.6. The molecule has 2 heterocycles. The van der Waals surface area contributed by atoms with Gasteiger partial charge in [0.1, 0.15) is 5.75 Å². The van der Waals surface area contributed by atoms with Gasteiger partial charge in [0.15, 0.2) is 0 Å². The maximum atomic E-state index is 6.40. The standard InChI is InChI=1S/C22H23ClN2O/c1-14(2)26-22-7-6-15(10-20(22)23)17-11-21(25-13-17)19-5-3-4-16-12-24-9-8-18(16)19/h3-7,10-11,13-14,24-25H,8-9,12H2,1-2H3. The van der Waals surface area contributed by atoms with Gasteiger partial charge in [0.05, 0.1) is 11.1 Å². The lowest BCUT2D eigenvalue weighted by atomic mass is 9.93. The quantitative estimate of drug-likeness (QED) is 0.645. The molecule has 0 amide bonds. The molecule has 3 nitrogen and oxygen atoms in total. The van der Waals surface area contributed by atoms with Gasteiger partial charge in [-0.3, -0.25) is 0 Å². The van der Waals surface area contributed by atoms with Crippen molar-refractivity contribution in [2.24, 2.45) is 0 Å². The summed E-state index contributed by atoms with van der Waals surface area (Å²) in [7, 11) is 0. The van der Waals surface area contributed by atoms with Gasteiger partial charge in [0.2, 0.25) is 0 Å². The van der Waals surface area contributed by atoms with Crippen molar-refractivity contribution in [2.75, 3.05) is 6.54 Å². The lowest BCUT2D eigenvalue weighted by Gasteiger charge is -2.19. The molecule has 0 radical (unpaired) electrons. The van der Waals surface area contributed by atoms with Crippen molar-refractivity contribution < 1.29 is 4.74 Å². The summed E-state index contributed by atoms with van der Waals surface area (Å²) in [6.45, 7) is 5.98. The zero-order chi connectivity index (χ0) is 18.1. The van der Waals surface area contributed by atoms with E-state index in [1.54, 1.807) is 0 Å². The van der Waals surface area contributed by atoms with Gasteiger partial charge in [-0.15, -0.1) is 0 Å².